The number of hydrogen-bond acceptors (Lipinski definition) is 5. The van der Waals surface area contributed by atoms with Gasteiger partial charge in [-0.05, 0) is 18.2 Å². The molecule has 0 radical (unpaired) electrons. The summed E-state index contributed by atoms with van der Waals surface area (Å²) in [7, 11) is 6.50. The van der Waals surface area contributed by atoms with Gasteiger partial charge in [0.25, 0.3) is 0 Å². The van der Waals surface area contributed by atoms with Crippen LogP contribution in [0.25, 0.3) is 0 Å². The second kappa shape index (κ2) is 8.61. The zero-order chi connectivity index (χ0) is 17.4. The molecule has 0 aliphatic heterocycles. The van der Waals surface area contributed by atoms with Gasteiger partial charge in [0.15, 0.2) is 17.5 Å². The Bertz CT molecular complexity index is 704. The predicted molar refractivity (Wildman–Crippen MR) is 94.2 cm³/mol. The molecule has 1 aromatic carbocycles. The van der Waals surface area contributed by atoms with Crippen molar-refractivity contribution in [1.29, 1.82) is 0 Å². The molecule has 2 rings (SSSR count). The van der Waals surface area contributed by atoms with E-state index in [1.54, 1.807) is 34.4 Å². The molecule has 2 N–H and O–H groups in total. The van der Waals surface area contributed by atoms with Crippen molar-refractivity contribution < 1.29 is 14.2 Å². The molecular formula is C17H22N4O3. The van der Waals surface area contributed by atoms with Crippen LogP contribution in [0.2, 0.25) is 0 Å². The number of aromatic nitrogens is 1. The van der Waals surface area contributed by atoms with Crippen LogP contribution in [0, 0.1) is 0 Å². The first-order chi connectivity index (χ1) is 11.7. The summed E-state index contributed by atoms with van der Waals surface area (Å²) in [6.45, 7) is 0.518. The Kier molecular flexibility index (Phi) is 6.24. The van der Waals surface area contributed by atoms with Gasteiger partial charge in [-0.3, -0.25) is 4.99 Å². The lowest BCUT2D eigenvalue weighted by Gasteiger charge is -2.14. The Balaban J connectivity index is 2.02. The molecule has 7 heteroatoms. The average Bonchev–Trinajstić information content (AvgIpc) is 2.64. The summed E-state index contributed by atoms with van der Waals surface area (Å²) in [5.41, 5.74) is 1.68. The maximum Gasteiger partial charge on any atom is 0.213 e. The van der Waals surface area contributed by atoms with E-state index in [1.165, 1.54) is 0 Å². The number of hydrogen-bond donors (Lipinski definition) is 2. The number of guanidine groups is 1. The predicted octanol–water partition coefficient (Wildman–Crippen LogP) is 2.29. The molecule has 1 heterocycles. The van der Waals surface area contributed by atoms with Crippen molar-refractivity contribution in [2.45, 2.75) is 6.54 Å². The zero-order valence-electron chi connectivity index (χ0n) is 14.3. The molecule has 0 bridgehead atoms. The third kappa shape index (κ3) is 4.52. The van der Waals surface area contributed by atoms with E-state index in [9.17, 15) is 0 Å². The molecule has 0 saturated carbocycles. The van der Waals surface area contributed by atoms with Gasteiger partial charge in [0, 0.05) is 24.9 Å². The highest BCUT2D eigenvalue weighted by atomic mass is 16.5. The standard InChI is InChI=1S/C17H22N4O3/c1-18-17(19-11-13-6-5-7-16(20-13)24-4)21-12-8-9-14(22-2)15(10-12)23-3/h5-10H,11H2,1-4H3,(H2,18,19,21). The van der Waals surface area contributed by atoms with Crippen molar-refractivity contribution in [3.8, 4) is 17.4 Å². The van der Waals surface area contributed by atoms with Crippen molar-refractivity contribution >= 4 is 11.6 Å². The minimum absolute atomic E-state index is 0.518. The van der Waals surface area contributed by atoms with Crippen LogP contribution in [0.1, 0.15) is 5.69 Å². The lowest BCUT2D eigenvalue weighted by molar-refractivity contribution is 0.355. The summed E-state index contributed by atoms with van der Waals surface area (Å²) in [5.74, 6) is 2.52. The van der Waals surface area contributed by atoms with Crippen molar-refractivity contribution in [1.82, 2.24) is 10.3 Å². The van der Waals surface area contributed by atoms with Crippen LogP contribution in [0.5, 0.6) is 17.4 Å². The summed E-state index contributed by atoms with van der Waals surface area (Å²) >= 11 is 0. The molecular weight excluding hydrogens is 308 g/mol. The van der Waals surface area contributed by atoms with Crippen LogP contribution in [0.3, 0.4) is 0 Å². The smallest absolute Gasteiger partial charge is 0.213 e. The Morgan fingerprint density at radius 2 is 1.83 bits per heavy atom. The SMILES string of the molecule is CN=C(NCc1cccc(OC)n1)Nc1ccc(OC)c(OC)c1. The molecule has 2 aromatic rings. The van der Waals surface area contributed by atoms with Crippen LogP contribution in [-0.4, -0.2) is 39.3 Å². The van der Waals surface area contributed by atoms with Crippen LogP contribution >= 0.6 is 0 Å². The average molecular weight is 330 g/mol. The van der Waals surface area contributed by atoms with Crippen molar-refractivity contribution in [2.24, 2.45) is 4.99 Å². The number of rotatable bonds is 6. The second-order valence-corrected chi connectivity index (χ2v) is 4.79. The number of anilines is 1. The minimum atomic E-state index is 0.518. The van der Waals surface area contributed by atoms with Crippen LogP contribution in [-0.2, 0) is 6.54 Å². The Morgan fingerprint density at radius 3 is 2.50 bits per heavy atom. The number of pyridine rings is 1. The third-order valence-electron chi connectivity index (χ3n) is 3.30. The lowest BCUT2D eigenvalue weighted by atomic mass is 10.2. The van der Waals surface area contributed by atoms with Gasteiger partial charge >= 0.3 is 0 Å². The highest BCUT2D eigenvalue weighted by Gasteiger charge is 2.06. The maximum absolute atomic E-state index is 5.30. The van der Waals surface area contributed by atoms with E-state index in [4.69, 9.17) is 14.2 Å². The first-order valence-electron chi connectivity index (χ1n) is 7.39. The molecule has 0 saturated heterocycles. The molecule has 0 amide bonds. The van der Waals surface area contributed by atoms with Gasteiger partial charge in [0.2, 0.25) is 5.88 Å². The topological polar surface area (TPSA) is 77.0 Å². The van der Waals surface area contributed by atoms with E-state index < -0.39 is 0 Å². The zero-order valence-corrected chi connectivity index (χ0v) is 14.3. The molecule has 0 aliphatic carbocycles. The van der Waals surface area contributed by atoms with E-state index in [1.807, 2.05) is 30.3 Å². The molecule has 1 aromatic heterocycles. The minimum Gasteiger partial charge on any atom is -0.493 e. The van der Waals surface area contributed by atoms with Crippen molar-refractivity contribution in [3.63, 3.8) is 0 Å². The fourth-order valence-electron chi connectivity index (χ4n) is 2.07. The summed E-state index contributed by atoms with van der Waals surface area (Å²) in [4.78, 5) is 8.55. The van der Waals surface area contributed by atoms with Gasteiger partial charge in [-0.15, -0.1) is 0 Å². The highest BCUT2D eigenvalue weighted by molar-refractivity contribution is 5.93. The molecule has 128 valence electrons. The molecule has 0 aliphatic rings. The van der Waals surface area contributed by atoms with Crippen LogP contribution in [0.4, 0.5) is 5.69 Å². The largest absolute Gasteiger partial charge is 0.493 e. The first kappa shape index (κ1) is 17.4. The molecule has 0 unspecified atom stereocenters. The Morgan fingerprint density at radius 1 is 1.04 bits per heavy atom. The molecule has 0 fully saturated rings. The van der Waals surface area contributed by atoms with Gasteiger partial charge in [-0.1, -0.05) is 6.07 Å². The van der Waals surface area contributed by atoms with Crippen LogP contribution in [0.15, 0.2) is 41.4 Å². The van der Waals surface area contributed by atoms with E-state index in [-0.39, 0.29) is 0 Å². The van der Waals surface area contributed by atoms with E-state index in [0.29, 0.717) is 29.9 Å². The van der Waals surface area contributed by atoms with Gasteiger partial charge in [-0.2, -0.15) is 0 Å². The molecule has 0 atom stereocenters. The number of nitrogens with one attached hydrogen (secondary N) is 2. The Hall–Kier alpha value is -2.96. The number of aliphatic imine (C=N–C) groups is 1. The number of benzene rings is 1. The summed E-state index contributed by atoms with van der Waals surface area (Å²) in [6.07, 6.45) is 0. The van der Waals surface area contributed by atoms with E-state index >= 15 is 0 Å². The summed E-state index contributed by atoms with van der Waals surface area (Å²) < 4.78 is 15.6. The fourth-order valence-corrected chi connectivity index (χ4v) is 2.07. The number of nitrogens with zero attached hydrogens (tertiary/aromatic N) is 2. The number of methoxy groups -OCH3 is 3. The van der Waals surface area contributed by atoms with Gasteiger partial charge in [0.1, 0.15) is 0 Å². The van der Waals surface area contributed by atoms with E-state index in [2.05, 4.69) is 20.6 Å². The second-order valence-electron chi connectivity index (χ2n) is 4.79. The van der Waals surface area contributed by atoms with Crippen molar-refractivity contribution in [3.05, 3.63) is 42.1 Å². The van der Waals surface area contributed by atoms with Crippen LogP contribution < -0.4 is 24.8 Å². The normalized spacial score (nSPS) is 10.9. The Labute approximate surface area is 141 Å². The number of ether oxygens (including phenoxy) is 3. The molecule has 0 spiro atoms. The quantitative estimate of drug-likeness (QED) is 0.625. The van der Waals surface area contributed by atoms with Gasteiger partial charge in [0.05, 0.1) is 33.6 Å². The monoisotopic (exact) mass is 330 g/mol. The van der Waals surface area contributed by atoms with E-state index in [0.717, 1.165) is 11.4 Å². The summed E-state index contributed by atoms with van der Waals surface area (Å²) in [6, 6.07) is 11.2. The first-order valence-corrected chi connectivity index (χ1v) is 7.39. The fraction of sp³-hybridized carbons (Fsp3) is 0.294. The van der Waals surface area contributed by atoms with Crippen molar-refractivity contribution in [2.75, 3.05) is 33.7 Å². The summed E-state index contributed by atoms with van der Waals surface area (Å²) in [5, 5.41) is 6.40. The highest BCUT2D eigenvalue weighted by Crippen LogP contribution is 2.29. The maximum atomic E-state index is 5.30. The lowest BCUT2D eigenvalue weighted by Crippen LogP contribution is -2.30. The van der Waals surface area contributed by atoms with Gasteiger partial charge < -0.3 is 24.8 Å². The molecule has 7 nitrogen and oxygen atoms in total. The third-order valence-corrected chi connectivity index (χ3v) is 3.30. The molecule has 24 heavy (non-hydrogen) atoms. The van der Waals surface area contributed by atoms with Gasteiger partial charge in [-0.25, -0.2) is 4.98 Å².